The molecule has 4 heteroatoms. The van der Waals surface area contributed by atoms with E-state index in [0.717, 1.165) is 39.0 Å². The minimum absolute atomic E-state index is 0.903. The molecule has 10 rings (SSSR count). The van der Waals surface area contributed by atoms with Crippen LogP contribution in [0.25, 0.3) is 73.1 Å². The van der Waals surface area contributed by atoms with Crippen molar-refractivity contribution in [1.29, 1.82) is 0 Å². The SMILES string of the molecule is c1ccc2c(c1)oc1ccc(N(c3ccc4c(c3)sc3ccccc34)c3ccc4ccc5sc6ccccc6c5c4c3)cc12. The van der Waals surface area contributed by atoms with Gasteiger partial charge in [-0.25, -0.2) is 0 Å². The molecule has 0 aliphatic rings. The van der Waals surface area contributed by atoms with Crippen molar-refractivity contribution in [2.75, 3.05) is 4.90 Å². The number of hydrogen-bond donors (Lipinski definition) is 0. The van der Waals surface area contributed by atoms with Gasteiger partial charge in [-0.2, -0.15) is 0 Å². The second-order valence-corrected chi connectivity index (χ2v) is 13.5. The summed E-state index contributed by atoms with van der Waals surface area (Å²) in [5.41, 5.74) is 5.19. The summed E-state index contributed by atoms with van der Waals surface area (Å²) in [5.74, 6) is 0. The van der Waals surface area contributed by atoms with Crippen molar-refractivity contribution in [3.63, 3.8) is 0 Å². The molecule has 0 amide bonds. The van der Waals surface area contributed by atoms with Crippen molar-refractivity contribution in [2.45, 2.75) is 0 Å². The van der Waals surface area contributed by atoms with E-state index < -0.39 is 0 Å². The minimum Gasteiger partial charge on any atom is -0.456 e. The van der Waals surface area contributed by atoms with Crippen molar-refractivity contribution in [3.05, 3.63) is 140 Å². The van der Waals surface area contributed by atoms with Crippen molar-refractivity contribution in [3.8, 4) is 0 Å². The van der Waals surface area contributed by atoms with E-state index >= 15 is 0 Å². The maximum absolute atomic E-state index is 6.21. The Labute approximate surface area is 260 Å². The normalized spacial score (nSPS) is 12.1. The number of para-hydroxylation sites is 1. The summed E-state index contributed by atoms with van der Waals surface area (Å²) in [6.07, 6.45) is 0. The molecule has 0 bridgehead atoms. The fourth-order valence-corrected chi connectivity index (χ4v) is 9.09. The molecule has 7 aromatic carbocycles. The molecule has 0 N–H and O–H groups in total. The van der Waals surface area contributed by atoms with E-state index in [0.29, 0.717) is 0 Å². The Morgan fingerprint density at radius 2 is 0.977 bits per heavy atom. The Hall–Kier alpha value is -5.16. The van der Waals surface area contributed by atoms with Gasteiger partial charge in [0.25, 0.3) is 0 Å². The summed E-state index contributed by atoms with van der Waals surface area (Å²) in [7, 11) is 0. The Balaban J connectivity index is 1.26. The van der Waals surface area contributed by atoms with Gasteiger partial charge < -0.3 is 9.32 Å². The van der Waals surface area contributed by atoms with Crippen LogP contribution < -0.4 is 4.90 Å². The molecule has 0 radical (unpaired) electrons. The Bertz CT molecular complexity index is 2750. The van der Waals surface area contributed by atoms with Crippen LogP contribution in [0.5, 0.6) is 0 Å². The van der Waals surface area contributed by atoms with Crippen LogP contribution >= 0.6 is 22.7 Å². The lowest BCUT2D eigenvalue weighted by molar-refractivity contribution is 0.669. The number of hydrogen-bond acceptors (Lipinski definition) is 4. The third-order valence-electron chi connectivity index (χ3n) is 8.84. The van der Waals surface area contributed by atoms with Crippen LogP contribution in [0.1, 0.15) is 0 Å². The molecule has 0 atom stereocenters. The zero-order valence-corrected chi connectivity index (χ0v) is 25.1. The maximum atomic E-state index is 6.21. The molecule has 0 aliphatic heterocycles. The van der Waals surface area contributed by atoms with E-state index in [1.54, 1.807) is 0 Å². The molecule has 2 nitrogen and oxygen atoms in total. The quantitative estimate of drug-likeness (QED) is 0.201. The smallest absolute Gasteiger partial charge is 0.135 e. The van der Waals surface area contributed by atoms with Crippen LogP contribution in [-0.4, -0.2) is 0 Å². The maximum Gasteiger partial charge on any atom is 0.135 e. The van der Waals surface area contributed by atoms with Crippen molar-refractivity contribution in [1.82, 2.24) is 0 Å². The third-order valence-corrected chi connectivity index (χ3v) is 11.1. The van der Waals surface area contributed by atoms with Crippen LogP contribution in [0.2, 0.25) is 0 Å². The van der Waals surface area contributed by atoms with Crippen molar-refractivity contribution in [2.24, 2.45) is 0 Å². The van der Waals surface area contributed by atoms with Gasteiger partial charge in [-0.1, -0.05) is 72.8 Å². The lowest BCUT2D eigenvalue weighted by Gasteiger charge is -2.26. The molecule has 0 spiro atoms. The summed E-state index contributed by atoms with van der Waals surface area (Å²) in [6, 6.07) is 50.7. The second kappa shape index (κ2) is 9.17. The fraction of sp³-hybridized carbons (Fsp3) is 0. The Kier molecular flexibility index (Phi) is 5.06. The van der Waals surface area contributed by atoms with Gasteiger partial charge in [0, 0.05) is 68.2 Å². The highest BCUT2D eigenvalue weighted by atomic mass is 32.1. The van der Waals surface area contributed by atoms with Crippen LogP contribution in [0, 0.1) is 0 Å². The second-order valence-electron chi connectivity index (χ2n) is 11.3. The Morgan fingerprint density at radius 3 is 1.86 bits per heavy atom. The molecule has 206 valence electrons. The van der Waals surface area contributed by atoms with E-state index in [1.165, 1.54) is 51.1 Å². The van der Waals surface area contributed by atoms with E-state index in [1.807, 2.05) is 34.8 Å². The van der Waals surface area contributed by atoms with Crippen LogP contribution in [0.15, 0.2) is 144 Å². The van der Waals surface area contributed by atoms with Gasteiger partial charge >= 0.3 is 0 Å². The van der Waals surface area contributed by atoms with Gasteiger partial charge in [0.15, 0.2) is 0 Å². The zero-order valence-electron chi connectivity index (χ0n) is 23.5. The van der Waals surface area contributed by atoms with Crippen LogP contribution in [-0.2, 0) is 0 Å². The molecule has 0 saturated carbocycles. The van der Waals surface area contributed by atoms with Crippen LogP contribution in [0.4, 0.5) is 17.1 Å². The van der Waals surface area contributed by atoms with Gasteiger partial charge in [-0.05, 0) is 77.5 Å². The van der Waals surface area contributed by atoms with Gasteiger partial charge in [0.05, 0.1) is 0 Å². The zero-order chi connectivity index (χ0) is 28.8. The molecule has 3 heterocycles. The summed E-state index contributed by atoms with van der Waals surface area (Å²) in [6.45, 7) is 0. The first-order valence-corrected chi connectivity index (χ1v) is 16.4. The first-order valence-electron chi connectivity index (χ1n) is 14.8. The predicted octanol–water partition coefficient (Wildman–Crippen LogP) is 12.9. The standard InChI is InChI=1S/C40H23NOS2/c1-4-10-34-28(7-1)33-22-26(17-19-35(33)42-34)41(27-16-18-30-29-8-2-5-11-36(29)44-39(30)23-27)25-15-13-24-14-20-38-40(32(24)21-25)31-9-3-6-12-37(31)43-38/h1-23H. The number of benzene rings is 7. The molecule has 0 saturated heterocycles. The highest BCUT2D eigenvalue weighted by Gasteiger charge is 2.18. The van der Waals surface area contributed by atoms with Gasteiger partial charge in [-0.3, -0.25) is 0 Å². The summed E-state index contributed by atoms with van der Waals surface area (Å²) in [5, 5.41) is 10.1. The van der Waals surface area contributed by atoms with Gasteiger partial charge in [0.1, 0.15) is 11.2 Å². The molecular weight excluding hydrogens is 575 g/mol. The first-order chi connectivity index (χ1) is 21.8. The van der Waals surface area contributed by atoms with Gasteiger partial charge in [0.2, 0.25) is 0 Å². The largest absolute Gasteiger partial charge is 0.456 e. The van der Waals surface area contributed by atoms with Crippen molar-refractivity contribution >= 4 is 113 Å². The lowest BCUT2D eigenvalue weighted by atomic mass is 10.0. The number of nitrogens with zero attached hydrogens (tertiary/aromatic N) is 1. The summed E-state index contributed by atoms with van der Waals surface area (Å²) < 4.78 is 11.5. The number of fused-ring (bicyclic) bond motifs is 11. The Morgan fingerprint density at radius 1 is 0.386 bits per heavy atom. The topological polar surface area (TPSA) is 16.4 Å². The number of thiophene rings is 2. The predicted molar refractivity (Wildman–Crippen MR) is 192 cm³/mol. The average molecular weight is 598 g/mol. The third kappa shape index (κ3) is 3.53. The van der Waals surface area contributed by atoms with Crippen LogP contribution in [0.3, 0.4) is 0 Å². The monoisotopic (exact) mass is 597 g/mol. The molecule has 3 aromatic heterocycles. The average Bonchev–Trinajstić information content (AvgIpc) is 3.75. The highest BCUT2D eigenvalue weighted by Crippen LogP contribution is 2.45. The molecule has 0 aliphatic carbocycles. The van der Waals surface area contributed by atoms with Crippen molar-refractivity contribution < 1.29 is 4.42 Å². The summed E-state index contributed by atoms with van der Waals surface area (Å²) in [4.78, 5) is 2.40. The van der Waals surface area contributed by atoms with E-state index in [2.05, 4.69) is 132 Å². The molecular formula is C40H23NOS2. The summed E-state index contributed by atoms with van der Waals surface area (Å²) >= 11 is 3.72. The molecule has 10 aromatic rings. The molecule has 44 heavy (non-hydrogen) atoms. The highest BCUT2D eigenvalue weighted by molar-refractivity contribution is 7.26. The lowest BCUT2D eigenvalue weighted by Crippen LogP contribution is -2.09. The number of anilines is 3. The van der Waals surface area contributed by atoms with Gasteiger partial charge in [-0.15, -0.1) is 22.7 Å². The van der Waals surface area contributed by atoms with E-state index in [-0.39, 0.29) is 0 Å². The number of furan rings is 1. The molecule has 0 unspecified atom stereocenters. The minimum atomic E-state index is 0.903. The van der Waals surface area contributed by atoms with E-state index in [9.17, 15) is 0 Å². The fourth-order valence-electron chi connectivity index (χ4n) is 6.82. The number of rotatable bonds is 3. The van der Waals surface area contributed by atoms with E-state index in [4.69, 9.17) is 4.42 Å². The first kappa shape index (κ1) is 24.3. The molecule has 0 fully saturated rings.